The average molecular weight is 362 g/mol. The van der Waals surface area contributed by atoms with E-state index in [1.54, 1.807) is 6.92 Å². The van der Waals surface area contributed by atoms with Crippen molar-refractivity contribution in [3.8, 4) is 0 Å². The minimum atomic E-state index is -3.58. The van der Waals surface area contributed by atoms with Crippen LogP contribution in [0.2, 0.25) is 0 Å². The van der Waals surface area contributed by atoms with Gasteiger partial charge in [-0.05, 0) is 54.8 Å². The molecule has 2 aromatic rings. The smallest absolute Gasteiger partial charge is 0.243 e. The minimum Gasteiger partial charge on any atom is -0.369 e. The van der Waals surface area contributed by atoms with Gasteiger partial charge in [-0.25, -0.2) is 12.8 Å². The van der Waals surface area contributed by atoms with Crippen LogP contribution in [-0.2, 0) is 16.4 Å². The molecule has 0 spiro atoms. The van der Waals surface area contributed by atoms with Crippen LogP contribution in [0.25, 0.3) is 0 Å². The van der Waals surface area contributed by atoms with E-state index in [2.05, 4.69) is 36.1 Å². The van der Waals surface area contributed by atoms with Gasteiger partial charge >= 0.3 is 0 Å². The van der Waals surface area contributed by atoms with Gasteiger partial charge in [0.15, 0.2) is 0 Å². The molecule has 1 heterocycles. The Balaban J connectivity index is 1.71. The van der Waals surface area contributed by atoms with Gasteiger partial charge in [-0.1, -0.05) is 19.1 Å². The van der Waals surface area contributed by atoms with Gasteiger partial charge in [-0.3, -0.25) is 0 Å². The summed E-state index contributed by atoms with van der Waals surface area (Å²) >= 11 is 0. The Hall–Kier alpha value is -1.92. The molecule has 0 atom stereocenters. The van der Waals surface area contributed by atoms with Crippen molar-refractivity contribution in [1.82, 2.24) is 4.31 Å². The van der Waals surface area contributed by atoms with E-state index in [4.69, 9.17) is 0 Å². The molecule has 0 saturated carbocycles. The quantitative estimate of drug-likeness (QED) is 0.839. The summed E-state index contributed by atoms with van der Waals surface area (Å²) in [5.41, 5.74) is 2.75. The van der Waals surface area contributed by atoms with Crippen molar-refractivity contribution < 1.29 is 12.8 Å². The third-order valence-corrected chi connectivity index (χ3v) is 6.61. The molecule has 2 aromatic carbocycles. The molecule has 0 unspecified atom stereocenters. The van der Waals surface area contributed by atoms with Crippen molar-refractivity contribution in [2.45, 2.75) is 25.2 Å². The number of nitrogens with zero attached hydrogens (tertiary/aromatic N) is 2. The summed E-state index contributed by atoms with van der Waals surface area (Å²) in [6.45, 7) is 5.83. The van der Waals surface area contributed by atoms with Crippen LogP contribution in [0.3, 0.4) is 0 Å². The molecule has 0 radical (unpaired) electrons. The molecule has 1 saturated heterocycles. The van der Waals surface area contributed by atoms with Crippen LogP contribution in [0, 0.1) is 12.7 Å². The summed E-state index contributed by atoms with van der Waals surface area (Å²) in [4.78, 5) is 2.36. The van der Waals surface area contributed by atoms with Crippen molar-refractivity contribution in [3.63, 3.8) is 0 Å². The van der Waals surface area contributed by atoms with Crippen LogP contribution in [0.1, 0.15) is 18.1 Å². The van der Waals surface area contributed by atoms with Crippen molar-refractivity contribution >= 4 is 15.7 Å². The Morgan fingerprint density at radius 1 is 1.00 bits per heavy atom. The summed E-state index contributed by atoms with van der Waals surface area (Å²) in [7, 11) is -3.58. The Morgan fingerprint density at radius 2 is 1.64 bits per heavy atom. The molecule has 134 valence electrons. The number of rotatable bonds is 4. The number of aryl methyl sites for hydroxylation is 2. The summed E-state index contributed by atoms with van der Waals surface area (Å²) in [5.74, 6) is -0.390. The highest BCUT2D eigenvalue weighted by atomic mass is 32.2. The van der Waals surface area contributed by atoms with Crippen molar-refractivity contribution in [1.29, 1.82) is 0 Å². The molecule has 1 aliphatic heterocycles. The summed E-state index contributed by atoms with van der Waals surface area (Å²) in [5, 5.41) is 0. The molecule has 25 heavy (non-hydrogen) atoms. The van der Waals surface area contributed by atoms with Gasteiger partial charge in [-0.2, -0.15) is 4.31 Å². The highest BCUT2D eigenvalue weighted by molar-refractivity contribution is 7.89. The monoisotopic (exact) mass is 362 g/mol. The van der Waals surface area contributed by atoms with Gasteiger partial charge in [0.25, 0.3) is 0 Å². The number of anilines is 1. The van der Waals surface area contributed by atoms with Crippen LogP contribution in [0.4, 0.5) is 10.1 Å². The zero-order valence-electron chi connectivity index (χ0n) is 14.6. The standard InChI is InChI=1S/C19H23FN2O2S/c1-3-16-4-6-17(7-5-16)21-10-12-22(13-11-21)25(23,24)18-8-9-19(20)15(2)14-18/h4-9,14H,3,10-13H2,1-2H3. The van der Waals surface area contributed by atoms with Gasteiger partial charge in [0.2, 0.25) is 10.0 Å². The van der Waals surface area contributed by atoms with Crippen LogP contribution in [0.15, 0.2) is 47.4 Å². The Morgan fingerprint density at radius 3 is 2.20 bits per heavy atom. The van der Waals surface area contributed by atoms with Crippen molar-refractivity contribution in [2.24, 2.45) is 0 Å². The van der Waals surface area contributed by atoms with Crippen molar-refractivity contribution in [3.05, 3.63) is 59.4 Å². The van der Waals surface area contributed by atoms with Crippen LogP contribution in [0.5, 0.6) is 0 Å². The fourth-order valence-electron chi connectivity index (χ4n) is 3.06. The van der Waals surface area contributed by atoms with E-state index in [-0.39, 0.29) is 10.7 Å². The Bertz CT molecular complexity index is 842. The second kappa shape index (κ2) is 7.14. The number of benzene rings is 2. The summed E-state index contributed by atoms with van der Waals surface area (Å²) in [6.07, 6.45) is 1.00. The van der Waals surface area contributed by atoms with E-state index < -0.39 is 10.0 Å². The first kappa shape index (κ1) is 17.9. The van der Waals surface area contributed by atoms with E-state index in [9.17, 15) is 12.8 Å². The Kier molecular flexibility index (Phi) is 5.11. The third kappa shape index (κ3) is 3.70. The first-order valence-corrected chi connectivity index (χ1v) is 9.96. The lowest BCUT2D eigenvalue weighted by molar-refractivity contribution is 0.385. The number of piperazine rings is 1. The lowest BCUT2D eigenvalue weighted by atomic mass is 10.1. The second-order valence-corrected chi connectivity index (χ2v) is 8.26. The fourth-order valence-corrected chi connectivity index (χ4v) is 4.56. The highest BCUT2D eigenvalue weighted by Gasteiger charge is 2.28. The van der Waals surface area contributed by atoms with Gasteiger partial charge in [0.05, 0.1) is 4.90 Å². The molecule has 3 rings (SSSR count). The topological polar surface area (TPSA) is 40.6 Å². The molecule has 0 aromatic heterocycles. The van der Waals surface area contributed by atoms with E-state index in [0.29, 0.717) is 31.7 Å². The molecule has 0 bridgehead atoms. The highest BCUT2D eigenvalue weighted by Crippen LogP contribution is 2.23. The molecule has 0 amide bonds. The molecule has 1 aliphatic rings. The van der Waals surface area contributed by atoms with Gasteiger partial charge in [0.1, 0.15) is 5.82 Å². The lowest BCUT2D eigenvalue weighted by Gasteiger charge is -2.35. The summed E-state index contributed by atoms with van der Waals surface area (Å²) in [6, 6.07) is 12.4. The zero-order valence-corrected chi connectivity index (χ0v) is 15.4. The second-order valence-electron chi connectivity index (χ2n) is 6.32. The first-order chi connectivity index (χ1) is 11.9. The minimum absolute atomic E-state index is 0.159. The molecular formula is C19H23FN2O2S. The Labute approximate surface area is 148 Å². The normalized spacial score (nSPS) is 16.2. The van der Waals surface area contributed by atoms with Crippen LogP contribution >= 0.6 is 0 Å². The first-order valence-electron chi connectivity index (χ1n) is 8.52. The van der Waals surface area contributed by atoms with Crippen molar-refractivity contribution in [2.75, 3.05) is 31.1 Å². The number of sulfonamides is 1. The maximum Gasteiger partial charge on any atom is 0.243 e. The van der Waals surface area contributed by atoms with E-state index in [0.717, 1.165) is 12.1 Å². The maximum absolute atomic E-state index is 13.4. The molecule has 0 aliphatic carbocycles. The zero-order chi connectivity index (χ0) is 18.0. The maximum atomic E-state index is 13.4. The van der Waals surface area contributed by atoms with Crippen LogP contribution < -0.4 is 4.90 Å². The summed E-state index contributed by atoms with van der Waals surface area (Å²) < 4.78 is 40.4. The number of halogens is 1. The predicted octanol–water partition coefficient (Wildman–Crippen LogP) is 3.21. The number of hydrogen-bond donors (Lipinski definition) is 0. The van der Waals surface area contributed by atoms with E-state index >= 15 is 0 Å². The number of hydrogen-bond acceptors (Lipinski definition) is 3. The van der Waals surface area contributed by atoms with Gasteiger partial charge in [0, 0.05) is 31.9 Å². The lowest BCUT2D eigenvalue weighted by Crippen LogP contribution is -2.48. The van der Waals surface area contributed by atoms with Gasteiger partial charge in [-0.15, -0.1) is 0 Å². The predicted molar refractivity (Wildman–Crippen MR) is 97.9 cm³/mol. The molecule has 0 N–H and O–H groups in total. The largest absolute Gasteiger partial charge is 0.369 e. The van der Waals surface area contributed by atoms with Crippen LogP contribution in [-0.4, -0.2) is 38.9 Å². The van der Waals surface area contributed by atoms with Gasteiger partial charge < -0.3 is 4.90 Å². The van der Waals surface area contributed by atoms with E-state index in [1.807, 2.05) is 0 Å². The van der Waals surface area contributed by atoms with E-state index in [1.165, 1.54) is 28.1 Å². The average Bonchev–Trinajstić information content (AvgIpc) is 2.64. The SMILES string of the molecule is CCc1ccc(N2CCN(S(=O)(=O)c3ccc(F)c(C)c3)CC2)cc1. The third-order valence-electron chi connectivity index (χ3n) is 4.72. The molecular weight excluding hydrogens is 339 g/mol. The fraction of sp³-hybridized carbons (Fsp3) is 0.368. The molecule has 4 nitrogen and oxygen atoms in total. The molecule has 1 fully saturated rings. The molecule has 6 heteroatoms.